The van der Waals surface area contributed by atoms with Gasteiger partial charge in [0.1, 0.15) is 5.75 Å². The van der Waals surface area contributed by atoms with Gasteiger partial charge in [-0.1, -0.05) is 0 Å². The zero-order valence-corrected chi connectivity index (χ0v) is 6.23. The molecule has 0 aliphatic rings. The lowest BCUT2D eigenvalue weighted by Crippen LogP contribution is -2.30. The van der Waals surface area contributed by atoms with E-state index in [4.69, 9.17) is 21.0 Å². The minimum absolute atomic E-state index is 0.0189. The molecule has 0 amide bonds. The molecule has 1 aromatic rings. The number of hydrogen-bond donors (Lipinski definition) is 5. The summed E-state index contributed by atoms with van der Waals surface area (Å²) in [6, 6.07) is 4.19. The summed E-state index contributed by atoms with van der Waals surface area (Å²) < 4.78 is 0. The first-order valence-electron chi connectivity index (χ1n) is 3.31. The van der Waals surface area contributed by atoms with Gasteiger partial charge < -0.3 is 20.6 Å². The molecule has 0 heterocycles. The van der Waals surface area contributed by atoms with Crippen molar-refractivity contribution in [1.29, 1.82) is 0 Å². The predicted octanol–water partition coefficient (Wildman–Crippen LogP) is -1.64. The quantitative estimate of drug-likeness (QED) is 0.158. The average molecular weight is 168 g/mol. The number of anilines is 1. The lowest BCUT2D eigenvalue weighted by Gasteiger charge is -2.05. The highest BCUT2D eigenvalue weighted by Gasteiger charge is 2.15. The molecule has 0 fully saturated rings. The van der Waals surface area contributed by atoms with Crippen LogP contribution < -0.4 is 16.7 Å². The van der Waals surface area contributed by atoms with Gasteiger partial charge in [0, 0.05) is 11.2 Å². The number of phenolic OH excluding ortho intramolecular Hbond substituents is 1. The molecule has 1 aromatic carbocycles. The molecule has 0 radical (unpaired) electrons. The third-order valence-electron chi connectivity index (χ3n) is 1.47. The molecule has 0 atom stereocenters. The Kier molecular flexibility index (Phi) is 2.54. The molecule has 64 valence electrons. The van der Waals surface area contributed by atoms with Crippen molar-refractivity contribution in [2.24, 2.45) is 5.84 Å². The molecule has 0 aliphatic carbocycles. The number of nitrogen functional groups attached to an aromatic ring is 1. The standard InChI is InChI=1S/C6H9BN2O3/c8-9-4-1-2-6(10)5(3-4)7(11)12/h1-3,9-12H,8H2. The van der Waals surface area contributed by atoms with Crippen LogP contribution in [0.2, 0.25) is 0 Å². The van der Waals surface area contributed by atoms with Crippen LogP contribution in [0, 0.1) is 0 Å². The smallest absolute Gasteiger partial charge is 0.492 e. The lowest BCUT2D eigenvalue weighted by atomic mass is 9.79. The van der Waals surface area contributed by atoms with Crippen LogP contribution >= 0.6 is 0 Å². The molecule has 0 saturated heterocycles. The number of nitrogens with two attached hydrogens (primary N) is 1. The van der Waals surface area contributed by atoms with Gasteiger partial charge in [-0.3, -0.25) is 5.84 Å². The van der Waals surface area contributed by atoms with Crippen molar-refractivity contribution < 1.29 is 15.2 Å². The summed E-state index contributed by atoms with van der Waals surface area (Å²) in [5.74, 6) is 4.90. The summed E-state index contributed by atoms with van der Waals surface area (Å²) in [6.07, 6.45) is 0. The molecule has 0 bridgehead atoms. The summed E-state index contributed by atoms with van der Waals surface area (Å²) in [5.41, 5.74) is 2.83. The van der Waals surface area contributed by atoms with E-state index in [-0.39, 0.29) is 11.2 Å². The van der Waals surface area contributed by atoms with E-state index in [1.54, 1.807) is 0 Å². The van der Waals surface area contributed by atoms with Crippen LogP contribution in [0.4, 0.5) is 5.69 Å². The van der Waals surface area contributed by atoms with E-state index in [9.17, 15) is 0 Å². The first kappa shape index (κ1) is 8.86. The van der Waals surface area contributed by atoms with E-state index in [1.165, 1.54) is 18.2 Å². The maximum Gasteiger partial charge on any atom is 0.492 e. The van der Waals surface area contributed by atoms with Gasteiger partial charge in [-0.15, -0.1) is 0 Å². The Labute approximate surface area is 69.6 Å². The van der Waals surface area contributed by atoms with Crippen molar-refractivity contribution in [3.8, 4) is 5.75 Å². The maximum absolute atomic E-state index is 9.11. The molecule has 0 aromatic heterocycles. The number of hydrazine groups is 1. The topological polar surface area (TPSA) is 98.7 Å². The second kappa shape index (κ2) is 3.44. The molecule has 12 heavy (non-hydrogen) atoms. The van der Waals surface area contributed by atoms with Crippen LogP contribution in [0.25, 0.3) is 0 Å². The van der Waals surface area contributed by atoms with E-state index >= 15 is 0 Å². The van der Waals surface area contributed by atoms with Crippen molar-refractivity contribution in [3.05, 3.63) is 18.2 Å². The first-order chi connectivity index (χ1) is 5.65. The number of benzene rings is 1. The van der Waals surface area contributed by atoms with Gasteiger partial charge in [-0.2, -0.15) is 0 Å². The summed E-state index contributed by atoms with van der Waals surface area (Å²) in [5, 5.41) is 26.6. The monoisotopic (exact) mass is 168 g/mol. The predicted molar refractivity (Wildman–Crippen MR) is 45.7 cm³/mol. The molecule has 0 spiro atoms. The van der Waals surface area contributed by atoms with E-state index in [0.29, 0.717) is 5.69 Å². The molecule has 0 saturated carbocycles. The normalized spacial score (nSPS) is 9.58. The average Bonchev–Trinajstić information content (AvgIpc) is 2.05. The van der Waals surface area contributed by atoms with Crippen molar-refractivity contribution in [2.45, 2.75) is 0 Å². The number of phenols is 1. The van der Waals surface area contributed by atoms with Crippen LogP contribution in [-0.4, -0.2) is 22.3 Å². The van der Waals surface area contributed by atoms with Gasteiger partial charge in [-0.25, -0.2) is 0 Å². The fourth-order valence-electron chi connectivity index (χ4n) is 0.851. The Bertz CT molecular complexity index is 279. The first-order valence-corrected chi connectivity index (χ1v) is 3.31. The summed E-state index contributed by atoms with van der Waals surface area (Å²) >= 11 is 0. The largest absolute Gasteiger partial charge is 0.508 e. The van der Waals surface area contributed by atoms with E-state index in [0.717, 1.165) is 0 Å². The van der Waals surface area contributed by atoms with E-state index in [2.05, 4.69) is 5.43 Å². The summed E-state index contributed by atoms with van der Waals surface area (Å²) in [4.78, 5) is 0. The van der Waals surface area contributed by atoms with Gasteiger partial charge >= 0.3 is 7.12 Å². The fraction of sp³-hybridized carbons (Fsp3) is 0. The van der Waals surface area contributed by atoms with Crippen molar-refractivity contribution in [1.82, 2.24) is 0 Å². The molecule has 5 nitrogen and oxygen atoms in total. The Morgan fingerprint density at radius 3 is 2.50 bits per heavy atom. The molecule has 0 aliphatic heterocycles. The number of hydrogen-bond acceptors (Lipinski definition) is 5. The summed E-state index contributed by atoms with van der Waals surface area (Å²) in [7, 11) is -1.70. The van der Waals surface area contributed by atoms with Crippen molar-refractivity contribution in [3.63, 3.8) is 0 Å². The van der Waals surface area contributed by atoms with Crippen molar-refractivity contribution >= 4 is 18.3 Å². The van der Waals surface area contributed by atoms with Gasteiger partial charge in [0.25, 0.3) is 0 Å². The van der Waals surface area contributed by atoms with Gasteiger partial charge in [0.05, 0.1) is 0 Å². The zero-order chi connectivity index (χ0) is 9.14. The molecular weight excluding hydrogens is 159 g/mol. The Balaban J connectivity index is 3.08. The summed E-state index contributed by atoms with van der Waals surface area (Å²) in [6.45, 7) is 0. The zero-order valence-electron chi connectivity index (χ0n) is 6.23. The van der Waals surface area contributed by atoms with E-state index in [1.807, 2.05) is 0 Å². The van der Waals surface area contributed by atoms with Crippen LogP contribution in [-0.2, 0) is 0 Å². The number of aromatic hydroxyl groups is 1. The maximum atomic E-state index is 9.11. The van der Waals surface area contributed by atoms with Crippen LogP contribution in [0.1, 0.15) is 0 Å². The van der Waals surface area contributed by atoms with Gasteiger partial charge in [0.2, 0.25) is 0 Å². The fourth-order valence-corrected chi connectivity index (χ4v) is 0.851. The SMILES string of the molecule is NNc1ccc(O)c(B(O)O)c1. The molecule has 1 rings (SSSR count). The van der Waals surface area contributed by atoms with Crippen LogP contribution in [0.5, 0.6) is 5.75 Å². The molecule has 6 heteroatoms. The molecule has 0 unspecified atom stereocenters. The third kappa shape index (κ3) is 1.67. The minimum atomic E-state index is -1.70. The highest BCUT2D eigenvalue weighted by atomic mass is 16.4. The van der Waals surface area contributed by atoms with Gasteiger partial charge in [0.15, 0.2) is 0 Å². The van der Waals surface area contributed by atoms with E-state index < -0.39 is 7.12 Å². The Morgan fingerprint density at radius 2 is 2.00 bits per heavy atom. The second-order valence-electron chi connectivity index (χ2n) is 2.29. The lowest BCUT2D eigenvalue weighted by molar-refractivity contribution is 0.419. The highest BCUT2D eigenvalue weighted by Crippen LogP contribution is 2.10. The van der Waals surface area contributed by atoms with Crippen LogP contribution in [0.3, 0.4) is 0 Å². The number of nitrogens with one attached hydrogen (secondary N) is 1. The minimum Gasteiger partial charge on any atom is -0.508 e. The third-order valence-corrected chi connectivity index (χ3v) is 1.47. The molecule has 6 N–H and O–H groups in total. The highest BCUT2D eigenvalue weighted by molar-refractivity contribution is 6.59. The molecular formula is C6H9BN2O3. The van der Waals surface area contributed by atoms with Gasteiger partial charge in [-0.05, 0) is 18.2 Å². The van der Waals surface area contributed by atoms with Crippen molar-refractivity contribution in [2.75, 3.05) is 5.43 Å². The second-order valence-corrected chi connectivity index (χ2v) is 2.29. The number of rotatable bonds is 2. The van der Waals surface area contributed by atoms with Crippen LogP contribution in [0.15, 0.2) is 18.2 Å². The Hall–Kier alpha value is -1.24. The Morgan fingerprint density at radius 1 is 1.33 bits per heavy atom.